The minimum Gasteiger partial charge on any atom is -0.354 e. The first-order valence-corrected chi connectivity index (χ1v) is 6.85. The first-order valence-electron chi connectivity index (χ1n) is 6.06. The lowest BCUT2D eigenvalue weighted by atomic mass is 9.99. The maximum absolute atomic E-state index is 5.29. The predicted molar refractivity (Wildman–Crippen MR) is 84.8 cm³/mol. The van der Waals surface area contributed by atoms with Crippen LogP contribution < -0.4 is 5.84 Å². The van der Waals surface area contributed by atoms with Gasteiger partial charge in [0.05, 0.1) is 6.21 Å². The molecule has 0 saturated carbocycles. The second-order valence-corrected chi connectivity index (χ2v) is 5.67. The molecule has 19 heavy (non-hydrogen) atoms. The van der Waals surface area contributed by atoms with Gasteiger partial charge in [-0.2, -0.15) is 5.10 Å². The Kier molecular flexibility index (Phi) is 2.82. The normalized spacial score (nSPS) is 11.9. The van der Waals surface area contributed by atoms with Crippen molar-refractivity contribution in [2.24, 2.45) is 10.9 Å². The van der Waals surface area contributed by atoms with Crippen LogP contribution in [0.4, 0.5) is 0 Å². The quantitative estimate of drug-likeness (QED) is 0.398. The lowest BCUT2D eigenvalue weighted by molar-refractivity contribution is 1.26. The topological polar surface area (TPSA) is 54.2 Å². The lowest BCUT2D eigenvalue weighted by Crippen LogP contribution is -1.93. The summed E-state index contributed by atoms with van der Waals surface area (Å²) in [6, 6.07) is 8.39. The molecule has 0 bridgehead atoms. The van der Waals surface area contributed by atoms with Crippen LogP contribution in [0.3, 0.4) is 0 Å². The van der Waals surface area contributed by atoms with Gasteiger partial charge < -0.3 is 10.8 Å². The van der Waals surface area contributed by atoms with E-state index in [-0.39, 0.29) is 0 Å². The van der Waals surface area contributed by atoms with Crippen LogP contribution in [-0.2, 0) is 0 Å². The summed E-state index contributed by atoms with van der Waals surface area (Å²) in [5, 5.41) is 6.11. The van der Waals surface area contributed by atoms with Gasteiger partial charge in [0.15, 0.2) is 0 Å². The lowest BCUT2D eigenvalue weighted by Gasteiger charge is -2.05. The third-order valence-electron chi connectivity index (χ3n) is 3.55. The van der Waals surface area contributed by atoms with Crippen molar-refractivity contribution in [2.45, 2.75) is 13.8 Å². The van der Waals surface area contributed by atoms with Gasteiger partial charge in [0, 0.05) is 26.3 Å². The molecule has 0 aliphatic carbocycles. The van der Waals surface area contributed by atoms with Crippen LogP contribution in [0.2, 0.25) is 0 Å². The minimum atomic E-state index is 1.06. The van der Waals surface area contributed by atoms with E-state index in [2.05, 4.69) is 58.1 Å². The van der Waals surface area contributed by atoms with Crippen molar-refractivity contribution in [1.82, 2.24) is 4.98 Å². The van der Waals surface area contributed by atoms with Crippen LogP contribution in [0.15, 0.2) is 33.8 Å². The van der Waals surface area contributed by atoms with Gasteiger partial charge >= 0.3 is 0 Å². The SMILES string of the molecule is Cc1cc(C=NN)c(C)c2c1[nH]c1ccc(Br)cc12. The molecule has 2 aromatic carbocycles. The average molecular weight is 316 g/mol. The molecule has 0 saturated heterocycles. The van der Waals surface area contributed by atoms with E-state index in [4.69, 9.17) is 5.84 Å². The summed E-state index contributed by atoms with van der Waals surface area (Å²) in [7, 11) is 0. The predicted octanol–water partition coefficient (Wildman–Crippen LogP) is 3.99. The minimum absolute atomic E-state index is 1.06. The molecule has 1 aromatic heterocycles. The van der Waals surface area contributed by atoms with Crippen LogP contribution in [0, 0.1) is 13.8 Å². The van der Waals surface area contributed by atoms with Crippen LogP contribution in [0.25, 0.3) is 21.8 Å². The van der Waals surface area contributed by atoms with Crippen molar-refractivity contribution < 1.29 is 0 Å². The molecule has 3 nitrogen and oxygen atoms in total. The number of nitrogens with two attached hydrogens (primary N) is 1. The Balaban J connectivity index is 2.53. The molecule has 0 spiro atoms. The highest BCUT2D eigenvalue weighted by molar-refractivity contribution is 9.10. The molecular formula is C15H14BrN3. The van der Waals surface area contributed by atoms with Crippen molar-refractivity contribution in [3.05, 3.63) is 45.4 Å². The van der Waals surface area contributed by atoms with Gasteiger partial charge in [-0.1, -0.05) is 15.9 Å². The van der Waals surface area contributed by atoms with Crippen molar-refractivity contribution in [3.8, 4) is 0 Å². The van der Waals surface area contributed by atoms with Gasteiger partial charge in [-0.3, -0.25) is 0 Å². The molecule has 0 atom stereocenters. The number of rotatable bonds is 1. The fraction of sp³-hybridized carbons (Fsp3) is 0.133. The van der Waals surface area contributed by atoms with E-state index in [0.29, 0.717) is 0 Å². The molecule has 0 amide bonds. The number of aromatic nitrogens is 1. The van der Waals surface area contributed by atoms with E-state index >= 15 is 0 Å². The standard InChI is InChI=1S/C15H14BrN3/c1-8-5-10(7-18-17)9(2)14-12-6-11(16)3-4-13(12)19-15(8)14/h3-7,19H,17H2,1-2H3. The summed E-state index contributed by atoms with van der Waals surface area (Å²) >= 11 is 3.53. The third kappa shape index (κ3) is 1.83. The van der Waals surface area contributed by atoms with Gasteiger partial charge in [0.1, 0.15) is 0 Å². The fourth-order valence-corrected chi connectivity index (χ4v) is 2.98. The summed E-state index contributed by atoms with van der Waals surface area (Å²) in [4.78, 5) is 3.49. The molecule has 3 aromatic rings. The first-order chi connectivity index (χ1) is 9.11. The molecule has 3 rings (SSSR count). The Bertz CT molecular complexity index is 815. The van der Waals surface area contributed by atoms with Crippen molar-refractivity contribution in [3.63, 3.8) is 0 Å². The van der Waals surface area contributed by atoms with Crippen molar-refractivity contribution in [2.75, 3.05) is 0 Å². The zero-order chi connectivity index (χ0) is 13.6. The van der Waals surface area contributed by atoms with E-state index in [1.807, 2.05) is 6.07 Å². The molecule has 1 heterocycles. The van der Waals surface area contributed by atoms with Crippen LogP contribution in [0.5, 0.6) is 0 Å². The summed E-state index contributed by atoms with van der Waals surface area (Å²) < 4.78 is 1.08. The maximum Gasteiger partial charge on any atom is 0.0541 e. The maximum atomic E-state index is 5.29. The van der Waals surface area contributed by atoms with Crippen LogP contribution in [0.1, 0.15) is 16.7 Å². The number of hydrogen-bond donors (Lipinski definition) is 2. The fourth-order valence-electron chi connectivity index (χ4n) is 2.62. The van der Waals surface area contributed by atoms with E-state index in [0.717, 1.165) is 15.6 Å². The number of hydrazone groups is 1. The summed E-state index contributed by atoms with van der Waals surface area (Å²) in [5.74, 6) is 5.29. The summed E-state index contributed by atoms with van der Waals surface area (Å²) in [6.45, 7) is 4.20. The zero-order valence-electron chi connectivity index (χ0n) is 10.8. The molecule has 0 aliphatic heterocycles. The summed E-state index contributed by atoms with van der Waals surface area (Å²) in [5.41, 5.74) is 5.78. The molecular weight excluding hydrogens is 302 g/mol. The Morgan fingerprint density at radius 3 is 2.79 bits per heavy atom. The number of nitrogens with zero attached hydrogens (tertiary/aromatic N) is 1. The molecule has 0 fully saturated rings. The number of aromatic amines is 1. The Labute approximate surface area is 119 Å². The van der Waals surface area contributed by atoms with E-state index in [1.165, 1.54) is 27.4 Å². The first kappa shape index (κ1) is 12.2. The molecule has 3 N–H and O–H groups in total. The number of benzene rings is 2. The molecule has 0 radical (unpaired) electrons. The smallest absolute Gasteiger partial charge is 0.0541 e. The molecule has 4 heteroatoms. The molecule has 96 valence electrons. The van der Waals surface area contributed by atoms with Gasteiger partial charge in [0.2, 0.25) is 0 Å². The average Bonchev–Trinajstić information content (AvgIpc) is 2.75. The highest BCUT2D eigenvalue weighted by Crippen LogP contribution is 2.33. The number of halogens is 1. The van der Waals surface area contributed by atoms with E-state index in [9.17, 15) is 0 Å². The Morgan fingerprint density at radius 1 is 1.26 bits per heavy atom. The highest BCUT2D eigenvalue weighted by atomic mass is 79.9. The number of H-pyrrole nitrogens is 1. The van der Waals surface area contributed by atoms with Crippen molar-refractivity contribution in [1.29, 1.82) is 0 Å². The number of fused-ring (bicyclic) bond motifs is 3. The van der Waals surface area contributed by atoms with Gasteiger partial charge in [-0.15, -0.1) is 0 Å². The largest absolute Gasteiger partial charge is 0.354 e. The molecule has 0 unspecified atom stereocenters. The number of aryl methyl sites for hydroxylation is 2. The second kappa shape index (κ2) is 4.38. The summed E-state index contributed by atoms with van der Waals surface area (Å²) in [6.07, 6.45) is 1.71. The van der Waals surface area contributed by atoms with Crippen LogP contribution >= 0.6 is 15.9 Å². The Morgan fingerprint density at radius 2 is 2.05 bits per heavy atom. The van der Waals surface area contributed by atoms with E-state index < -0.39 is 0 Å². The number of hydrogen-bond acceptors (Lipinski definition) is 2. The molecule has 0 aliphatic rings. The second-order valence-electron chi connectivity index (χ2n) is 4.75. The number of nitrogens with one attached hydrogen (secondary N) is 1. The highest BCUT2D eigenvalue weighted by Gasteiger charge is 2.12. The van der Waals surface area contributed by atoms with Gasteiger partial charge in [-0.25, -0.2) is 0 Å². The third-order valence-corrected chi connectivity index (χ3v) is 4.04. The van der Waals surface area contributed by atoms with Crippen molar-refractivity contribution >= 4 is 44.0 Å². The zero-order valence-corrected chi connectivity index (χ0v) is 12.4. The van der Waals surface area contributed by atoms with Gasteiger partial charge in [0.25, 0.3) is 0 Å². The van der Waals surface area contributed by atoms with E-state index in [1.54, 1.807) is 6.21 Å². The Hall–Kier alpha value is -1.81. The monoisotopic (exact) mass is 315 g/mol. The van der Waals surface area contributed by atoms with Gasteiger partial charge in [-0.05, 0) is 54.8 Å². The van der Waals surface area contributed by atoms with Crippen LogP contribution in [-0.4, -0.2) is 11.2 Å².